The normalized spacial score (nSPS) is 9.42. The molecule has 0 unspecified atom stereocenters. The van der Waals surface area contributed by atoms with E-state index in [0.29, 0.717) is 12.3 Å². The van der Waals surface area contributed by atoms with Crippen molar-refractivity contribution in [2.75, 3.05) is 7.11 Å². The molecular formula is C8H11N3O. The highest BCUT2D eigenvalue weighted by Gasteiger charge is 1.98. The Bertz CT molecular complexity index is 285. The van der Waals surface area contributed by atoms with Crippen LogP contribution in [0.15, 0.2) is 18.2 Å². The summed E-state index contributed by atoms with van der Waals surface area (Å²) < 4.78 is 4.91. The van der Waals surface area contributed by atoms with E-state index in [1.807, 2.05) is 12.1 Å². The summed E-state index contributed by atoms with van der Waals surface area (Å²) in [4.78, 5) is 4.09. The van der Waals surface area contributed by atoms with Gasteiger partial charge in [-0.1, -0.05) is 6.07 Å². The third-order valence-corrected chi connectivity index (χ3v) is 1.36. The molecule has 1 rings (SSSR count). The van der Waals surface area contributed by atoms with Gasteiger partial charge in [0.1, 0.15) is 0 Å². The summed E-state index contributed by atoms with van der Waals surface area (Å²) in [5, 5.41) is 7.06. The van der Waals surface area contributed by atoms with E-state index in [1.165, 1.54) is 0 Å². The second-order valence-electron chi connectivity index (χ2n) is 2.37. The monoisotopic (exact) mass is 165 g/mol. The smallest absolute Gasteiger partial charge is 0.213 e. The fraction of sp³-hybridized carbons (Fsp3) is 0.250. The Hall–Kier alpha value is -1.58. The number of methoxy groups -OCH3 is 1. The van der Waals surface area contributed by atoms with Gasteiger partial charge in [-0.2, -0.15) is 0 Å². The van der Waals surface area contributed by atoms with Crippen LogP contribution in [0.25, 0.3) is 0 Å². The number of nitrogens with two attached hydrogens (primary N) is 1. The standard InChI is InChI=1S/C8H11N3O/c1-12-8-4-2-3-6(11-8)5-7(9)10/h2-4H,5H2,1H3,(H3,9,10). The zero-order valence-corrected chi connectivity index (χ0v) is 6.87. The number of nitrogens with zero attached hydrogens (tertiary/aromatic N) is 1. The maximum Gasteiger partial charge on any atom is 0.213 e. The molecule has 12 heavy (non-hydrogen) atoms. The first-order valence-corrected chi connectivity index (χ1v) is 3.55. The molecule has 1 aromatic heterocycles. The number of amidine groups is 1. The van der Waals surface area contributed by atoms with E-state index in [1.54, 1.807) is 13.2 Å². The topological polar surface area (TPSA) is 72.0 Å². The molecule has 0 radical (unpaired) electrons. The van der Waals surface area contributed by atoms with E-state index in [0.717, 1.165) is 5.69 Å². The number of pyridine rings is 1. The Morgan fingerprint density at radius 2 is 2.42 bits per heavy atom. The zero-order chi connectivity index (χ0) is 8.97. The van der Waals surface area contributed by atoms with Crippen molar-refractivity contribution < 1.29 is 4.74 Å². The van der Waals surface area contributed by atoms with E-state index < -0.39 is 0 Å². The van der Waals surface area contributed by atoms with Gasteiger partial charge in [-0.25, -0.2) is 4.98 Å². The predicted octanol–water partition coefficient (Wildman–Crippen LogP) is 0.569. The lowest BCUT2D eigenvalue weighted by Gasteiger charge is -2.01. The van der Waals surface area contributed by atoms with Crippen LogP contribution in [0.4, 0.5) is 0 Å². The summed E-state index contributed by atoms with van der Waals surface area (Å²) in [7, 11) is 1.56. The summed E-state index contributed by atoms with van der Waals surface area (Å²) in [6, 6.07) is 5.39. The minimum atomic E-state index is 0.107. The van der Waals surface area contributed by atoms with Crippen LogP contribution in [-0.2, 0) is 6.42 Å². The molecule has 1 aromatic rings. The summed E-state index contributed by atoms with van der Waals surface area (Å²) in [5.74, 6) is 0.657. The molecule has 0 saturated heterocycles. The van der Waals surface area contributed by atoms with Crippen LogP contribution in [0.2, 0.25) is 0 Å². The van der Waals surface area contributed by atoms with Crippen molar-refractivity contribution in [3.8, 4) is 5.88 Å². The van der Waals surface area contributed by atoms with E-state index >= 15 is 0 Å². The second kappa shape index (κ2) is 3.71. The van der Waals surface area contributed by atoms with Gasteiger partial charge in [-0.3, -0.25) is 5.41 Å². The Morgan fingerprint density at radius 3 is 3.00 bits per heavy atom. The predicted molar refractivity (Wildman–Crippen MR) is 46.4 cm³/mol. The molecule has 0 fully saturated rings. The van der Waals surface area contributed by atoms with Crippen molar-refractivity contribution in [3.63, 3.8) is 0 Å². The number of hydrogen-bond donors (Lipinski definition) is 2. The fourth-order valence-electron chi connectivity index (χ4n) is 0.865. The van der Waals surface area contributed by atoms with Gasteiger partial charge in [0.15, 0.2) is 0 Å². The van der Waals surface area contributed by atoms with Gasteiger partial charge in [0.05, 0.1) is 18.6 Å². The molecule has 3 N–H and O–H groups in total. The van der Waals surface area contributed by atoms with Crippen molar-refractivity contribution in [1.29, 1.82) is 5.41 Å². The molecule has 4 nitrogen and oxygen atoms in total. The summed E-state index contributed by atoms with van der Waals surface area (Å²) in [6.45, 7) is 0. The van der Waals surface area contributed by atoms with Crippen LogP contribution in [-0.4, -0.2) is 17.9 Å². The minimum Gasteiger partial charge on any atom is -0.481 e. The lowest BCUT2D eigenvalue weighted by atomic mass is 10.2. The number of rotatable bonds is 3. The lowest BCUT2D eigenvalue weighted by Crippen LogP contribution is -2.13. The molecule has 0 atom stereocenters. The van der Waals surface area contributed by atoms with Crippen molar-refractivity contribution in [3.05, 3.63) is 23.9 Å². The van der Waals surface area contributed by atoms with Crippen molar-refractivity contribution >= 4 is 5.84 Å². The molecule has 0 spiro atoms. The number of ether oxygens (including phenoxy) is 1. The third kappa shape index (κ3) is 2.23. The van der Waals surface area contributed by atoms with Gasteiger partial charge in [-0.15, -0.1) is 0 Å². The lowest BCUT2D eigenvalue weighted by molar-refractivity contribution is 0.396. The van der Waals surface area contributed by atoms with E-state index in [2.05, 4.69) is 4.98 Å². The Morgan fingerprint density at radius 1 is 1.67 bits per heavy atom. The molecule has 64 valence electrons. The molecule has 0 saturated carbocycles. The molecule has 0 aromatic carbocycles. The highest BCUT2D eigenvalue weighted by atomic mass is 16.5. The average Bonchev–Trinajstić information content (AvgIpc) is 2.03. The third-order valence-electron chi connectivity index (χ3n) is 1.36. The highest BCUT2D eigenvalue weighted by molar-refractivity contribution is 5.78. The van der Waals surface area contributed by atoms with Crippen LogP contribution < -0.4 is 10.5 Å². The van der Waals surface area contributed by atoms with Crippen LogP contribution in [0.1, 0.15) is 5.69 Å². The van der Waals surface area contributed by atoms with Gasteiger partial charge in [-0.05, 0) is 6.07 Å². The fourth-order valence-corrected chi connectivity index (χ4v) is 0.865. The van der Waals surface area contributed by atoms with Crippen LogP contribution in [0, 0.1) is 5.41 Å². The summed E-state index contributed by atoms with van der Waals surface area (Å²) in [6.07, 6.45) is 0.372. The van der Waals surface area contributed by atoms with Crippen LogP contribution >= 0.6 is 0 Å². The number of nitrogens with one attached hydrogen (secondary N) is 1. The van der Waals surface area contributed by atoms with Gasteiger partial charge in [0.2, 0.25) is 5.88 Å². The first kappa shape index (κ1) is 8.52. The first-order valence-electron chi connectivity index (χ1n) is 3.55. The zero-order valence-electron chi connectivity index (χ0n) is 6.87. The van der Waals surface area contributed by atoms with Gasteiger partial charge in [0.25, 0.3) is 0 Å². The van der Waals surface area contributed by atoms with E-state index in [4.69, 9.17) is 15.9 Å². The van der Waals surface area contributed by atoms with E-state index in [-0.39, 0.29) is 5.84 Å². The maximum atomic E-state index is 7.06. The summed E-state index contributed by atoms with van der Waals surface area (Å²) >= 11 is 0. The highest BCUT2D eigenvalue weighted by Crippen LogP contribution is 2.06. The van der Waals surface area contributed by atoms with Gasteiger partial charge in [0, 0.05) is 12.5 Å². The second-order valence-corrected chi connectivity index (χ2v) is 2.37. The largest absolute Gasteiger partial charge is 0.481 e. The van der Waals surface area contributed by atoms with Gasteiger partial charge < -0.3 is 10.5 Å². The summed E-state index contributed by atoms with van der Waals surface area (Å²) in [5.41, 5.74) is 5.97. The average molecular weight is 165 g/mol. The van der Waals surface area contributed by atoms with Crippen LogP contribution in [0.5, 0.6) is 5.88 Å². The number of aromatic nitrogens is 1. The minimum absolute atomic E-state index is 0.107. The van der Waals surface area contributed by atoms with Gasteiger partial charge >= 0.3 is 0 Å². The maximum absolute atomic E-state index is 7.06. The molecule has 0 aliphatic carbocycles. The SMILES string of the molecule is COc1cccc(CC(=N)N)n1. The molecule has 0 aliphatic rings. The molecule has 0 bridgehead atoms. The van der Waals surface area contributed by atoms with Crippen LogP contribution in [0.3, 0.4) is 0 Å². The van der Waals surface area contributed by atoms with Crippen molar-refractivity contribution in [1.82, 2.24) is 4.98 Å². The Labute approximate surface area is 70.9 Å². The Kier molecular flexibility index (Phi) is 2.63. The van der Waals surface area contributed by atoms with E-state index in [9.17, 15) is 0 Å². The molecule has 4 heteroatoms. The van der Waals surface area contributed by atoms with Crippen molar-refractivity contribution in [2.24, 2.45) is 5.73 Å². The molecule has 0 aliphatic heterocycles. The number of hydrogen-bond acceptors (Lipinski definition) is 3. The molecule has 1 heterocycles. The van der Waals surface area contributed by atoms with Crippen molar-refractivity contribution in [2.45, 2.75) is 6.42 Å². The molecule has 0 amide bonds. The molecular weight excluding hydrogens is 154 g/mol. The Balaban J connectivity index is 2.79. The first-order chi connectivity index (χ1) is 5.72. The quantitative estimate of drug-likeness (QED) is 0.508.